The molecule has 1 aromatic rings. The second kappa shape index (κ2) is 3.24. The van der Waals surface area contributed by atoms with Gasteiger partial charge in [0.15, 0.2) is 0 Å². The molecule has 1 radical (unpaired) electrons. The Kier molecular flexibility index (Phi) is 2.49. The summed E-state index contributed by atoms with van der Waals surface area (Å²) in [6.45, 7) is 0. The molecule has 0 aliphatic rings. The molecular formula is C6H5O4S2. The summed E-state index contributed by atoms with van der Waals surface area (Å²) < 4.78 is 42.3. The third-order valence-electron chi connectivity index (χ3n) is 1.15. The van der Waals surface area contributed by atoms with E-state index in [1.807, 2.05) is 0 Å². The first-order valence-electron chi connectivity index (χ1n) is 2.91. The van der Waals surface area contributed by atoms with Gasteiger partial charge in [-0.1, -0.05) is 18.2 Å². The van der Waals surface area contributed by atoms with Gasteiger partial charge in [-0.3, -0.25) is 0 Å². The number of rotatable bonds is 2. The van der Waals surface area contributed by atoms with Crippen LogP contribution in [0, 0.1) is 6.07 Å². The molecule has 12 heavy (non-hydrogen) atoms. The van der Waals surface area contributed by atoms with Crippen LogP contribution in [0.25, 0.3) is 0 Å². The van der Waals surface area contributed by atoms with Crippen LogP contribution in [0.3, 0.4) is 0 Å². The Morgan fingerprint density at radius 1 is 1.25 bits per heavy atom. The fourth-order valence-electron chi connectivity index (χ4n) is 0.618. The lowest BCUT2D eigenvalue weighted by Crippen LogP contribution is -2.01. The molecule has 0 atom stereocenters. The first-order chi connectivity index (χ1) is 5.55. The van der Waals surface area contributed by atoms with Crippen LogP contribution in [-0.4, -0.2) is 16.8 Å². The predicted molar refractivity (Wildman–Crippen MR) is 42.8 cm³/mol. The van der Waals surface area contributed by atoms with Crippen LogP contribution in [0.2, 0.25) is 0 Å². The minimum absolute atomic E-state index is 0.318. The van der Waals surface area contributed by atoms with Crippen molar-refractivity contribution in [1.82, 2.24) is 0 Å². The van der Waals surface area contributed by atoms with Crippen molar-refractivity contribution in [3.05, 3.63) is 30.3 Å². The first kappa shape index (κ1) is 9.21. The van der Waals surface area contributed by atoms with Gasteiger partial charge in [-0.05, 0) is 6.07 Å². The van der Waals surface area contributed by atoms with Gasteiger partial charge in [0.1, 0.15) is 0 Å². The molecule has 0 amide bonds. The Morgan fingerprint density at radius 3 is 2.33 bits per heavy atom. The Morgan fingerprint density at radius 2 is 1.92 bits per heavy atom. The topological polar surface area (TPSA) is 68.3 Å². The Labute approximate surface area is 71.1 Å². The zero-order valence-electron chi connectivity index (χ0n) is 5.80. The summed E-state index contributed by atoms with van der Waals surface area (Å²) in [7, 11) is -7.66. The largest absolute Gasteiger partial charge is 0.280 e. The zero-order valence-corrected chi connectivity index (χ0v) is 7.51. The molecule has 0 spiro atoms. The fourth-order valence-corrected chi connectivity index (χ4v) is 2.07. The standard InChI is InChI=1S/C6H5O4S2/c7-11(8)12(9,10)6-4-2-1-3-5-6/h1-4,11H. The third-order valence-corrected chi connectivity index (χ3v) is 4.12. The lowest BCUT2D eigenvalue weighted by molar-refractivity contribution is 0.592. The van der Waals surface area contributed by atoms with Gasteiger partial charge in [-0.25, -0.2) is 16.8 Å². The van der Waals surface area contributed by atoms with Crippen LogP contribution < -0.4 is 0 Å². The molecule has 1 rings (SSSR count). The van der Waals surface area contributed by atoms with E-state index in [0.29, 0.717) is 0 Å². The van der Waals surface area contributed by atoms with Crippen LogP contribution >= 0.6 is 0 Å². The second-order valence-electron chi connectivity index (χ2n) is 1.93. The Balaban J connectivity index is 3.35. The average Bonchev–Trinajstić information content (AvgIpc) is 2.06. The summed E-state index contributed by atoms with van der Waals surface area (Å²) in [5.74, 6) is 0. The molecule has 0 aliphatic heterocycles. The van der Waals surface area contributed by atoms with Gasteiger partial charge in [0.05, 0.1) is 4.90 Å². The van der Waals surface area contributed by atoms with Crippen molar-refractivity contribution >= 4 is 18.6 Å². The van der Waals surface area contributed by atoms with E-state index in [1.54, 1.807) is 6.07 Å². The summed E-state index contributed by atoms with van der Waals surface area (Å²) in [4.78, 5) is -0.318. The molecular weight excluding hydrogens is 200 g/mol. The van der Waals surface area contributed by atoms with E-state index < -0.39 is 18.6 Å². The van der Waals surface area contributed by atoms with E-state index in [9.17, 15) is 16.8 Å². The third kappa shape index (κ3) is 1.64. The number of benzene rings is 1. The summed E-state index contributed by atoms with van der Waals surface area (Å²) in [5.41, 5.74) is 0. The van der Waals surface area contributed by atoms with Gasteiger partial charge in [-0.15, -0.1) is 0 Å². The highest BCUT2D eigenvalue weighted by atomic mass is 33.1. The Bertz CT molecular complexity index is 422. The predicted octanol–water partition coefficient (Wildman–Crippen LogP) is -0.213. The van der Waals surface area contributed by atoms with Gasteiger partial charge < -0.3 is 0 Å². The number of hydrogen-bond donors (Lipinski definition) is 1. The molecule has 65 valence electrons. The van der Waals surface area contributed by atoms with Gasteiger partial charge in [0.25, 0.3) is 8.87 Å². The summed E-state index contributed by atoms with van der Waals surface area (Å²) >= 11 is 0. The monoisotopic (exact) mass is 205 g/mol. The minimum Gasteiger partial charge on any atom is -0.215 e. The quantitative estimate of drug-likeness (QED) is 0.535. The maximum absolute atomic E-state index is 10.9. The van der Waals surface area contributed by atoms with Gasteiger partial charge in [0.2, 0.25) is 9.74 Å². The van der Waals surface area contributed by atoms with Crippen LogP contribution in [0.5, 0.6) is 0 Å². The molecule has 1 aromatic carbocycles. The molecule has 0 N–H and O–H groups in total. The van der Waals surface area contributed by atoms with Gasteiger partial charge in [-0.2, -0.15) is 0 Å². The average molecular weight is 205 g/mol. The van der Waals surface area contributed by atoms with E-state index in [2.05, 4.69) is 6.07 Å². The van der Waals surface area contributed by atoms with E-state index in [1.165, 1.54) is 18.2 Å². The van der Waals surface area contributed by atoms with Crippen molar-refractivity contribution in [2.75, 3.05) is 0 Å². The Hall–Kier alpha value is -0.880. The lowest BCUT2D eigenvalue weighted by Gasteiger charge is -1.92. The highest BCUT2D eigenvalue weighted by Crippen LogP contribution is 2.08. The van der Waals surface area contributed by atoms with Gasteiger partial charge >= 0.3 is 0 Å². The van der Waals surface area contributed by atoms with Gasteiger partial charge in [0, 0.05) is 6.07 Å². The molecule has 6 heteroatoms. The van der Waals surface area contributed by atoms with Crippen LogP contribution in [0.4, 0.5) is 0 Å². The van der Waals surface area contributed by atoms with E-state index in [-0.39, 0.29) is 4.90 Å². The summed E-state index contributed by atoms with van der Waals surface area (Å²) in [6.07, 6.45) is 0. The van der Waals surface area contributed by atoms with Crippen LogP contribution in [-0.2, 0) is 18.6 Å². The van der Waals surface area contributed by atoms with Crippen molar-refractivity contribution in [2.45, 2.75) is 4.90 Å². The number of thiol groups is 1. The van der Waals surface area contributed by atoms with Crippen molar-refractivity contribution in [3.8, 4) is 0 Å². The highest BCUT2D eigenvalue weighted by molar-refractivity contribution is 8.59. The first-order valence-corrected chi connectivity index (χ1v) is 6.18. The van der Waals surface area contributed by atoms with Crippen molar-refractivity contribution < 1.29 is 16.8 Å². The van der Waals surface area contributed by atoms with E-state index >= 15 is 0 Å². The smallest absolute Gasteiger partial charge is 0.215 e. The minimum atomic E-state index is -4.18. The molecule has 4 nitrogen and oxygen atoms in total. The van der Waals surface area contributed by atoms with E-state index in [0.717, 1.165) is 0 Å². The van der Waals surface area contributed by atoms with Crippen molar-refractivity contribution in [2.24, 2.45) is 0 Å². The zero-order chi connectivity index (χ0) is 9.19. The molecule has 0 aliphatic carbocycles. The lowest BCUT2D eigenvalue weighted by atomic mass is 10.4. The molecule has 0 unspecified atom stereocenters. The van der Waals surface area contributed by atoms with Crippen LogP contribution in [0.1, 0.15) is 0 Å². The van der Waals surface area contributed by atoms with Crippen LogP contribution in [0.15, 0.2) is 29.2 Å². The van der Waals surface area contributed by atoms with Crippen molar-refractivity contribution in [1.29, 1.82) is 0 Å². The molecule has 0 aromatic heterocycles. The van der Waals surface area contributed by atoms with Crippen molar-refractivity contribution in [3.63, 3.8) is 0 Å². The maximum atomic E-state index is 10.9. The summed E-state index contributed by atoms with van der Waals surface area (Å²) in [6, 6.07) is 7.82. The molecule has 0 heterocycles. The fraction of sp³-hybridized carbons (Fsp3) is 0. The highest BCUT2D eigenvalue weighted by Gasteiger charge is 2.15. The van der Waals surface area contributed by atoms with E-state index in [4.69, 9.17) is 0 Å². The maximum Gasteiger partial charge on any atom is 0.280 e. The SMILES string of the molecule is O=[SH](=O)S(=O)(=O)c1[c]cccc1. The molecule has 0 bridgehead atoms. The molecule has 0 fully saturated rings. The summed E-state index contributed by atoms with van der Waals surface area (Å²) in [5, 5.41) is 0. The molecule has 0 saturated carbocycles. The normalized spacial score (nSPS) is 11.8. The second-order valence-corrected chi connectivity index (χ2v) is 6.10. The number of hydrogen-bond acceptors (Lipinski definition) is 4. The molecule has 0 saturated heterocycles.